The second kappa shape index (κ2) is 23.0. The maximum absolute atomic E-state index is 12.1. The van der Waals surface area contributed by atoms with Crippen molar-refractivity contribution in [3.63, 3.8) is 0 Å². The molecule has 1 amide bonds. The molecule has 2 heterocycles. The molecule has 0 aromatic rings. The lowest BCUT2D eigenvalue weighted by molar-refractivity contribution is -0.141. The molecule has 2 rings (SSSR count). The Morgan fingerprint density at radius 1 is 0.600 bits per heavy atom. The molecule has 0 aromatic carbocycles. The van der Waals surface area contributed by atoms with Gasteiger partial charge in [-0.2, -0.15) is 0 Å². The molecule has 1 atom stereocenters. The van der Waals surface area contributed by atoms with Gasteiger partial charge in [-0.25, -0.2) is 0 Å². The van der Waals surface area contributed by atoms with Crippen LogP contribution < -0.4 is 5.32 Å². The van der Waals surface area contributed by atoms with Crippen molar-refractivity contribution in [2.75, 3.05) is 6.54 Å². The molecule has 3 N–H and O–H groups in total. The minimum atomic E-state index is -0.701. The topological polar surface area (TPSA) is 104 Å². The number of carbonyl (C=O) groups is 3. The van der Waals surface area contributed by atoms with Crippen molar-refractivity contribution in [2.24, 2.45) is 5.92 Å². The van der Waals surface area contributed by atoms with Crippen LogP contribution in [0.5, 0.6) is 0 Å². The van der Waals surface area contributed by atoms with Crippen molar-refractivity contribution in [3.8, 4) is 0 Å². The zero-order valence-corrected chi connectivity index (χ0v) is 28.7. The SMILES string of the molecule is O=C(O)CCCCCCCCCCCCCCCCCCC(=O)NCCCC[C@@H](C(=O)O)C1SSC2(SS1)SS2. The van der Waals surface area contributed by atoms with Crippen LogP contribution in [0.15, 0.2) is 0 Å². The predicted molar refractivity (Wildman–Crippen MR) is 181 cm³/mol. The molecule has 0 aromatic heterocycles. The molecule has 2 aliphatic rings. The summed E-state index contributed by atoms with van der Waals surface area (Å²) in [5.74, 6) is -1.58. The highest BCUT2D eigenvalue weighted by molar-refractivity contribution is 9.14. The molecule has 232 valence electrons. The van der Waals surface area contributed by atoms with E-state index in [9.17, 15) is 19.5 Å². The summed E-state index contributed by atoms with van der Waals surface area (Å²) in [6.07, 6.45) is 22.7. The van der Waals surface area contributed by atoms with Crippen molar-refractivity contribution in [3.05, 3.63) is 0 Å². The van der Waals surface area contributed by atoms with E-state index >= 15 is 0 Å². The molecule has 40 heavy (non-hydrogen) atoms. The first-order valence-corrected chi connectivity index (χ1v) is 21.8. The third-order valence-electron chi connectivity index (χ3n) is 7.16. The standard InChI is InChI=1S/C28H49NO5S6/c30-24(29-22-18-17-19-23(26(33)34)27-35-37-28(38-36-27)39-40-28)20-15-13-11-9-7-5-3-1-2-4-6-8-10-12-14-16-21-25(31)32/h23,27H,1-22H2,(H,29,30)(H,31,32)(H,33,34)/t23-/m0/s1. The molecule has 0 bridgehead atoms. The van der Waals surface area contributed by atoms with Crippen LogP contribution >= 0.6 is 64.8 Å². The number of carboxylic acids is 2. The van der Waals surface area contributed by atoms with E-state index in [4.69, 9.17) is 5.11 Å². The lowest BCUT2D eigenvalue weighted by atomic mass is 10.0. The van der Waals surface area contributed by atoms with Crippen molar-refractivity contribution < 1.29 is 24.6 Å². The number of hydrogen-bond acceptors (Lipinski definition) is 9. The van der Waals surface area contributed by atoms with Gasteiger partial charge in [-0.1, -0.05) is 139 Å². The van der Waals surface area contributed by atoms with E-state index in [2.05, 4.69) is 5.32 Å². The highest BCUT2D eigenvalue weighted by Gasteiger charge is 2.53. The fourth-order valence-corrected chi connectivity index (χ4v) is 18.5. The summed E-state index contributed by atoms with van der Waals surface area (Å²) in [6.45, 7) is 0.643. The quantitative estimate of drug-likeness (QED) is 0.0465. The molecule has 0 unspecified atom stereocenters. The number of aliphatic carboxylic acids is 2. The van der Waals surface area contributed by atoms with Gasteiger partial charge in [-0.3, -0.25) is 14.4 Å². The number of unbranched alkanes of at least 4 members (excludes halogenated alkanes) is 16. The second-order valence-corrected chi connectivity index (χ2v) is 20.3. The zero-order valence-electron chi connectivity index (χ0n) is 23.8. The van der Waals surface area contributed by atoms with Crippen molar-refractivity contribution in [1.29, 1.82) is 0 Å². The summed E-state index contributed by atoms with van der Waals surface area (Å²) in [4.78, 5) is 34.3. The fourth-order valence-electron chi connectivity index (χ4n) is 4.68. The molecular formula is C28H49NO5S6. The van der Waals surface area contributed by atoms with Crippen LogP contribution in [0.2, 0.25) is 0 Å². The maximum atomic E-state index is 12.1. The summed E-state index contributed by atoms with van der Waals surface area (Å²) in [6, 6.07) is 0. The molecule has 1 spiro atoms. The number of rotatable bonds is 26. The smallest absolute Gasteiger partial charge is 0.308 e. The first-order valence-electron chi connectivity index (χ1n) is 15.2. The van der Waals surface area contributed by atoms with Gasteiger partial charge in [0, 0.05) is 19.4 Å². The van der Waals surface area contributed by atoms with Gasteiger partial charge in [0.25, 0.3) is 0 Å². The third kappa shape index (κ3) is 18.2. The molecule has 2 aliphatic heterocycles. The van der Waals surface area contributed by atoms with Gasteiger partial charge in [0.05, 0.1) is 10.5 Å². The summed E-state index contributed by atoms with van der Waals surface area (Å²) in [7, 11) is 10.8. The van der Waals surface area contributed by atoms with Crippen LogP contribution in [0, 0.1) is 5.92 Å². The Hall–Kier alpha value is 0.510. The Bertz CT molecular complexity index is 717. The van der Waals surface area contributed by atoms with Crippen LogP contribution in [-0.4, -0.2) is 41.9 Å². The van der Waals surface area contributed by atoms with E-state index in [1.54, 1.807) is 21.6 Å². The minimum Gasteiger partial charge on any atom is -0.481 e. The predicted octanol–water partition coefficient (Wildman–Crippen LogP) is 10.2. The summed E-state index contributed by atoms with van der Waals surface area (Å²) < 4.78 is 0.291. The van der Waals surface area contributed by atoms with Crippen molar-refractivity contribution in [2.45, 2.75) is 142 Å². The molecule has 0 aliphatic carbocycles. The highest BCUT2D eigenvalue weighted by Crippen LogP contribution is 2.84. The van der Waals surface area contributed by atoms with E-state index in [0.717, 1.165) is 38.5 Å². The van der Waals surface area contributed by atoms with Gasteiger partial charge in [0.15, 0.2) is 2.74 Å². The van der Waals surface area contributed by atoms with Gasteiger partial charge in [-0.05, 0) is 47.3 Å². The van der Waals surface area contributed by atoms with Crippen LogP contribution in [0.1, 0.15) is 135 Å². The Balaban J connectivity index is 1.28. The van der Waals surface area contributed by atoms with E-state index in [0.29, 0.717) is 25.8 Å². The Kier molecular flexibility index (Phi) is 21.1. The summed E-state index contributed by atoms with van der Waals surface area (Å²) in [5, 5.41) is 21.3. The second-order valence-electron chi connectivity index (χ2n) is 10.7. The first-order chi connectivity index (χ1) is 19.4. The third-order valence-corrected chi connectivity index (χ3v) is 21.0. The molecular weight excluding hydrogens is 623 g/mol. The first kappa shape index (κ1) is 36.7. The van der Waals surface area contributed by atoms with Gasteiger partial charge in [0.2, 0.25) is 5.91 Å². The molecule has 0 radical (unpaired) electrons. The fraction of sp³-hybridized carbons (Fsp3) is 0.893. The number of nitrogens with one attached hydrogen (secondary N) is 1. The minimum absolute atomic E-state index is 0.0884. The molecule has 2 fully saturated rings. The van der Waals surface area contributed by atoms with Crippen LogP contribution in [0.4, 0.5) is 0 Å². The van der Waals surface area contributed by atoms with Crippen LogP contribution in [-0.2, 0) is 14.4 Å². The summed E-state index contributed by atoms with van der Waals surface area (Å²) in [5.41, 5.74) is 0. The van der Waals surface area contributed by atoms with Gasteiger partial charge < -0.3 is 15.5 Å². The molecule has 12 heteroatoms. The lowest BCUT2D eigenvalue weighted by Gasteiger charge is -2.27. The van der Waals surface area contributed by atoms with E-state index in [1.807, 2.05) is 43.2 Å². The molecule has 2 saturated heterocycles. The van der Waals surface area contributed by atoms with Gasteiger partial charge >= 0.3 is 11.9 Å². The summed E-state index contributed by atoms with van der Waals surface area (Å²) >= 11 is 0. The number of carbonyl (C=O) groups excluding carboxylic acids is 1. The average molecular weight is 672 g/mol. The average Bonchev–Trinajstić information content (AvgIpc) is 3.69. The Morgan fingerprint density at radius 2 is 1.05 bits per heavy atom. The highest BCUT2D eigenvalue weighted by atomic mass is 33.2. The lowest BCUT2D eigenvalue weighted by Crippen LogP contribution is -2.26. The molecule has 0 saturated carbocycles. The van der Waals surface area contributed by atoms with Crippen molar-refractivity contribution >= 4 is 82.6 Å². The monoisotopic (exact) mass is 671 g/mol. The van der Waals surface area contributed by atoms with E-state index in [-0.39, 0.29) is 19.2 Å². The normalized spacial score (nSPS) is 17.1. The molecule has 6 nitrogen and oxygen atoms in total. The van der Waals surface area contributed by atoms with Gasteiger partial charge in [-0.15, -0.1) is 0 Å². The number of carboxylic acid groups (broad SMARTS) is 2. The van der Waals surface area contributed by atoms with Crippen LogP contribution in [0.25, 0.3) is 0 Å². The van der Waals surface area contributed by atoms with Crippen LogP contribution in [0.3, 0.4) is 0 Å². The maximum Gasteiger partial charge on any atom is 0.308 e. The van der Waals surface area contributed by atoms with Crippen molar-refractivity contribution in [1.82, 2.24) is 5.32 Å². The number of hydrogen-bond donors (Lipinski definition) is 3. The van der Waals surface area contributed by atoms with E-state index in [1.165, 1.54) is 77.0 Å². The Morgan fingerprint density at radius 3 is 1.48 bits per heavy atom. The Labute approximate surface area is 265 Å². The largest absolute Gasteiger partial charge is 0.481 e. The number of amides is 1. The van der Waals surface area contributed by atoms with Gasteiger partial charge in [0.1, 0.15) is 0 Å². The van der Waals surface area contributed by atoms with E-state index < -0.39 is 11.9 Å². The zero-order chi connectivity index (χ0) is 28.9.